The van der Waals surface area contributed by atoms with Crippen molar-refractivity contribution in [1.29, 1.82) is 0 Å². The average molecular weight is 359 g/mol. The normalized spacial score (nSPS) is 12.8. The molecule has 2 aromatic rings. The largest absolute Gasteiger partial charge is 0.494 e. The molecule has 1 aliphatic rings. The van der Waals surface area contributed by atoms with Crippen LogP contribution in [0.3, 0.4) is 0 Å². The van der Waals surface area contributed by atoms with Crippen LogP contribution in [-0.4, -0.2) is 29.8 Å². The van der Waals surface area contributed by atoms with Crippen molar-refractivity contribution in [1.82, 2.24) is 0 Å². The van der Waals surface area contributed by atoms with Gasteiger partial charge in [0.2, 0.25) is 0 Å². The van der Waals surface area contributed by atoms with Crippen molar-refractivity contribution in [2.75, 3.05) is 24.7 Å². The van der Waals surface area contributed by atoms with Crippen molar-refractivity contribution in [2.24, 2.45) is 0 Å². The minimum atomic E-state index is 0.0403. The quantitative estimate of drug-likeness (QED) is 0.734. The molecule has 1 N–H and O–H groups in total. The molecule has 3 rings (SSSR count). The van der Waals surface area contributed by atoms with Crippen LogP contribution in [0.1, 0.15) is 30.0 Å². The Morgan fingerprint density at radius 2 is 2.12 bits per heavy atom. The van der Waals surface area contributed by atoms with Gasteiger partial charge in [-0.1, -0.05) is 13.0 Å². The van der Waals surface area contributed by atoms with E-state index in [-0.39, 0.29) is 6.61 Å². The molecule has 0 spiro atoms. The molecule has 134 valence electrons. The van der Waals surface area contributed by atoms with Crippen LogP contribution in [0.25, 0.3) is 11.1 Å². The van der Waals surface area contributed by atoms with Gasteiger partial charge in [0.1, 0.15) is 11.5 Å². The molecule has 0 aromatic heterocycles. The molecule has 1 aliphatic heterocycles. The fourth-order valence-electron chi connectivity index (χ4n) is 3.25. The van der Waals surface area contributed by atoms with E-state index in [4.69, 9.17) is 9.47 Å². The van der Waals surface area contributed by atoms with Crippen LogP contribution >= 0.6 is 11.8 Å². The van der Waals surface area contributed by atoms with Crippen molar-refractivity contribution in [3.05, 3.63) is 47.0 Å². The highest BCUT2D eigenvalue weighted by Gasteiger charge is 2.19. The summed E-state index contributed by atoms with van der Waals surface area (Å²) < 4.78 is 11.9. The second kappa shape index (κ2) is 8.63. The van der Waals surface area contributed by atoms with E-state index >= 15 is 0 Å². The van der Waals surface area contributed by atoms with Crippen LogP contribution in [0.15, 0.2) is 30.3 Å². The second-order valence-electron chi connectivity index (χ2n) is 6.26. The van der Waals surface area contributed by atoms with Crippen LogP contribution < -0.4 is 9.47 Å². The Hall–Kier alpha value is -1.65. The fraction of sp³-hybridized carbons (Fsp3) is 0.429. The summed E-state index contributed by atoms with van der Waals surface area (Å²) >= 11 is 1.95. The lowest BCUT2D eigenvalue weighted by Gasteiger charge is -2.15. The summed E-state index contributed by atoms with van der Waals surface area (Å²) in [5, 5.41) is 9.47. The Bertz CT molecular complexity index is 727. The molecular formula is C21H26O3S. The monoisotopic (exact) mass is 358 g/mol. The molecule has 0 atom stereocenters. The molecular weight excluding hydrogens is 332 g/mol. The number of aliphatic hydroxyl groups excluding tert-OH is 1. The van der Waals surface area contributed by atoms with Crippen LogP contribution in [0.5, 0.6) is 11.5 Å². The highest BCUT2D eigenvalue weighted by atomic mass is 32.2. The Labute approximate surface area is 154 Å². The lowest BCUT2D eigenvalue weighted by molar-refractivity contribution is 0.281. The van der Waals surface area contributed by atoms with Gasteiger partial charge >= 0.3 is 0 Å². The van der Waals surface area contributed by atoms with E-state index in [0.717, 1.165) is 53.6 Å². The number of thioether (sulfide) groups is 1. The molecule has 0 saturated heterocycles. The molecule has 3 nitrogen and oxygen atoms in total. The van der Waals surface area contributed by atoms with Crippen molar-refractivity contribution in [2.45, 2.75) is 33.3 Å². The summed E-state index contributed by atoms with van der Waals surface area (Å²) in [5.41, 5.74) is 5.64. The number of aryl methyl sites for hydroxylation is 1. The maximum Gasteiger partial charge on any atom is 0.127 e. The number of ether oxygens (including phenoxy) is 2. The zero-order valence-electron chi connectivity index (χ0n) is 15.0. The van der Waals surface area contributed by atoms with Gasteiger partial charge < -0.3 is 14.6 Å². The van der Waals surface area contributed by atoms with Crippen molar-refractivity contribution >= 4 is 11.8 Å². The highest BCUT2D eigenvalue weighted by molar-refractivity contribution is 7.99. The van der Waals surface area contributed by atoms with Gasteiger partial charge in [0, 0.05) is 12.0 Å². The Morgan fingerprint density at radius 3 is 2.92 bits per heavy atom. The minimum absolute atomic E-state index is 0.0403. The molecule has 0 bridgehead atoms. The first-order chi connectivity index (χ1) is 12.2. The van der Waals surface area contributed by atoms with Gasteiger partial charge in [0.05, 0.1) is 19.8 Å². The topological polar surface area (TPSA) is 38.7 Å². The van der Waals surface area contributed by atoms with Crippen molar-refractivity contribution in [3.63, 3.8) is 0 Å². The zero-order chi connectivity index (χ0) is 17.6. The van der Waals surface area contributed by atoms with Gasteiger partial charge in [-0.15, -0.1) is 0 Å². The lowest BCUT2D eigenvalue weighted by Crippen LogP contribution is -2.02. The molecule has 1 heterocycles. The van der Waals surface area contributed by atoms with Gasteiger partial charge in [-0.25, -0.2) is 0 Å². The molecule has 2 aromatic carbocycles. The van der Waals surface area contributed by atoms with Crippen molar-refractivity contribution < 1.29 is 14.6 Å². The predicted molar refractivity (Wildman–Crippen MR) is 105 cm³/mol. The van der Waals surface area contributed by atoms with E-state index in [1.54, 1.807) is 0 Å². The molecule has 0 amide bonds. The summed E-state index contributed by atoms with van der Waals surface area (Å²) in [6, 6.07) is 10.2. The van der Waals surface area contributed by atoms with E-state index in [1.165, 1.54) is 16.7 Å². The van der Waals surface area contributed by atoms with E-state index in [9.17, 15) is 5.11 Å². The number of aliphatic hydroxyl groups is 1. The Kier molecular flexibility index (Phi) is 6.27. The van der Waals surface area contributed by atoms with Gasteiger partial charge in [-0.2, -0.15) is 11.8 Å². The van der Waals surface area contributed by atoms with Crippen LogP contribution in [0, 0.1) is 6.92 Å². The van der Waals surface area contributed by atoms with Gasteiger partial charge in [-0.05, 0) is 71.4 Å². The summed E-state index contributed by atoms with van der Waals surface area (Å²) in [6.45, 7) is 5.77. The zero-order valence-corrected chi connectivity index (χ0v) is 15.8. The first-order valence-corrected chi connectivity index (χ1v) is 10.1. The first-order valence-electron chi connectivity index (χ1n) is 8.94. The van der Waals surface area contributed by atoms with E-state index in [2.05, 4.69) is 26.0 Å². The minimum Gasteiger partial charge on any atom is -0.494 e. The maximum absolute atomic E-state index is 9.47. The third-order valence-corrected chi connectivity index (χ3v) is 5.41. The Balaban J connectivity index is 1.86. The molecule has 0 radical (unpaired) electrons. The highest BCUT2D eigenvalue weighted by Crippen LogP contribution is 2.40. The second-order valence-corrected chi connectivity index (χ2v) is 7.65. The van der Waals surface area contributed by atoms with Gasteiger partial charge in [0.15, 0.2) is 0 Å². The van der Waals surface area contributed by atoms with E-state index in [0.29, 0.717) is 6.61 Å². The lowest BCUT2D eigenvalue weighted by atomic mass is 9.92. The molecule has 0 saturated carbocycles. The number of fused-ring (bicyclic) bond motifs is 3. The summed E-state index contributed by atoms with van der Waals surface area (Å²) in [4.78, 5) is 0. The summed E-state index contributed by atoms with van der Waals surface area (Å²) in [5.74, 6) is 4.14. The van der Waals surface area contributed by atoms with Crippen LogP contribution in [-0.2, 0) is 13.0 Å². The van der Waals surface area contributed by atoms with Gasteiger partial charge in [-0.3, -0.25) is 0 Å². The first kappa shape index (κ1) is 18.2. The number of hydrogen-bond acceptors (Lipinski definition) is 4. The molecule has 25 heavy (non-hydrogen) atoms. The molecule has 0 aliphatic carbocycles. The van der Waals surface area contributed by atoms with Gasteiger partial charge in [0.25, 0.3) is 0 Å². The molecule has 4 heteroatoms. The standard InChI is InChI=1S/C21H26O3S/c1-3-25-10-4-8-23-18-11-15(2)21-17(13-18)7-9-24-20-6-5-16(14-22)12-19(20)21/h5-6,11-13,22H,3-4,7-10,14H2,1-2H3. The fourth-order valence-corrected chi connectivity index (χ4v) is 3.86. The van der Waals surface area contributed by atoms with E-state index in [1.807, 2.05) is 30.0 Å². The number of rotatable bonds is 7. The third-order valence-electron chi connectivity index (χ3n) is 4.42. The van der Waals surface area contributed by atoms with Crippen LogP contribution in [0.4, 0.5) is 0 Å². The Morgan fingerprint density at radius 1 is 1.24 bits per heavy atom. The molecule has 0 unspecified atom stereocenters. The third kappa shape index (κ3) is 4.31. The van der Waals surface area contributed by atoms with Crippen molar-refractivity contribution in [3.8, 4) is 22.6 Å². The molecule has 0 fully saturated rings. The smallest absolute Gasteiger partial charge is 0.127 e. The summed E-state index contributed by atoms with van der Waals surface area (Å²) in [6.07, 6.45) is 1.93. The number of hydrogen-bond donors (Lipinski definition) is 1. The predicted octanol–water partition coefficient (Wildman–Crippen LogP) is 4.61. The number of benzene rings is 2. The summed E-state index contributed by atoms with van der Waals surface area (Å²) in [7, 11) is 0. The van der Waals surface area contributed by atoms with E-state index < -0.39 is 0 Å². The van der Waals surface area contributed by atoms with Crippen LogP contribution in [0.2, 0.25) is 0 Å². The average Bonchev–Trinajstić information content (AvgIpc) is 2.80. The SMILES string of the molecule is CCSCCCOc1cc(C)c2c(c1)CCOc1ccc(CO)cc1-2. The maximum atomic E-state index is 9.47.